The van der Waals surface area contributed by atoms with Crippen LogP contribution >= 0.6 is 0 Å². The Labute approximate surface area is 202 Å². The molecule has 0 radical (unpaired) electrons. The van der Waals surface area contributed by atoms with Crippen LogP contribution in [0.25, 0.3) is 0 Å². The summed E-state index contributed by atoms with van der Waals surface area (Å²) >= 11 is 0. The molecule has 9 heteroatoms. The molecule has 0 spiro atoms. The molecule has 1 aliphatic rings. The minimum Gasteiger partial charge on any atom is -0.381 e. The van der Waals surface area contributed by atoms with Crippen molar-refractivity contribution in [3.05, 3.63) is 59.4 Å². The smallest absolute Gasteiger partial charge is 0.251 e. The standard InChI is InChI=1S/C25H35FN4O3S/c1-25(2,3)29-34(32,33)23-13-20(24(31)28-16-19-6-5-11-30(4)17-19)12-22(14-23)27-15-18-7-9-21(26)10-8-18/h7-10,12-14,19,27,29H,5-6,11,15-17H2,1-4H3,(H,28,31). The monoisotopic (exact) mass is 490 g/mol. The number of anilines is 1. The number of likely N-dealkylation sites (tertiary alicyclic amines) is 1. The van der Waals surface area contributed by atoms with Crippen LogP contribution in [0.5, 0.6) is 0 Å². The Bertz CT molecular complexity index is 1100. The molecule has 1 saturated heterocycles. The van der Waals surface area contributed by atoms with Gasteiger partial charge < -0.3 is 15.5 Å². The third kappa shape index (κ3) is 7.78. The fraction of sp³-hybridized carbons (Fsp3) is 0.480. The van der Waals surface area contributed by atoms with E-state index in [9.17, 15) is 17.6 Å². The Morgan fingerprint density at radius 1 is 1.15 bits per heavy atom. The molecule has 1 heterocycles. The van der Waals surface area contributed by atoms with Gasteiger partial charge in [-0.15, -0.1) is 0 Å². The van der Waals surface area contributed by atoms with Crippen molar-refractivity contribution in [2.45, 2.75) is 50.6 Å². The molecule has 7 nitrogen and oxygen atoms in total. The average molecular weight is 491 g/mol. The highest BCUT2D eigenvalue weighted by molar-refractivity contribution is 7.89. The number of nitrogens with zero attached hydrogens (tertiary/aromatic N) is 1. The van der Waals surface area contributed by atoms with Crippen LogP contribution in [0.3, 0.4) is 0 Å². The van der Waals surface area contributed by atoms with Gasteiger partial charge >= 0.3 is 0 Å². The van der Waals surface area contributed by atoms with Crippen molar-refractivity contribution >= 4 is 21.6 Å². The molecular formula is C25H35FN4O3S. The minimum atomic E-state index is -3.85. The van der Waals surface area contributed by atoms with E-state index >= 15 is 0 Å². The van der Waals surface area contributed by atoms with Crippen molar-refractivity contribution < 1.29 is 17.6 Å². The second-order valence-corrected chi connectivity index (χ2v) is 11.7. The molecule has 0 aromatic heterocycles. The second-order valence-electron chi connectivity index (χ2n) is 10.1. The van der Waals surface area contributed by atoms with Crippen molar-refractivity contribution in [1.29, 1.82) is 0 Å². The fourth-order valence-electron chi connectivity index (χ4n) is 4.03. The summed E-state index contributed by atoms with van der Waals surface area (Å²) in [6, 6.07) is 10.6. The predicted molar refractivity (Wildman–Crippen MR) is 133 cm³/mol. The van der Waals surface area contributed by atoms with E-state index in [1.54, 1.807) is 39.0 Å². The number of benzene rings is 2. The Balaban J connectivity index is 1.82. The van der Waals surface area contributed by atoms with E-state index in [4.69, 9.17) is 0 Å². The van der Waals surface area contributed by atoms with E-state index < -0.39 is 15.6 Å². The van der Waals surface area contributed by atoms with Gasteiger partial charge in [-0.1, -0.05) is 12.1 Å². The third-order valence-corrected chi connectivity index (χ3v) is 7.34. The molecule has 3 N–H and O–H groups in total. The number of hydrogen-bond donors (Lipinski definition) is 3. The number of amides is 1. The van der Waals surface area contributed by atoms with Gasteiger partial charge in [0.05, 0.1) is 4.90 Å². The molecule has 34 heavy (non-hydrogen) atoms. The van der Waals surface area contributed by atoms with Crippen LogP contribution in [-0.4, -0.2) is 51.4 Å². The first-order valence-electron chi connectivity index (χ1n) is 11.6. The largest absolute Gasteiger partial charge is 0.381 e. The summed E-state index contributed by atoms with van der Waals surface area (Å²) in [7, 11) is -1.78. The zero-order chi connectivity index (χ0) is 24.9. The lowest BCUT2D eigenvalue weighted by Crippen LogP contribution is -2.40. The zero-order valence-corrected chi connectivity index (χ0v) is 21.1. The van der Waals surface area contributed by atoms with Crippen molar-refractivity contribution in [1.82, 2.24) is 14.9 Å². The lowest BCUT2D eigenvalue weighted by molar-refractivity contribution is 0.0936. The number of hydrogen-bond acceptors (Lipinski definition) is 5. The maximum absolute atomic E-state index is 13.2. The van der Waals surface area contributed by atoms with E-state index in [-0.39, 0.29) is 22.2 Å². The highest BCUT2D eigenvalue weighted by Gasteiger charge is 2.24. The molecule has 0 saturated carbocycles. The number of rotatable bonds is 8. The number of piperidine rings is 1. The number of sulfonamides is 1. The molecule has 186 valence electrons. The third-order valence-electron chi connectivity index (χ3n) is 5.60. The van der Waals surface area contributed by atoms with E-state index in [2.05, 4.69) is 27.3 Å². The molecule has 0 bridgehead atoms. The summed E-state index contributed by atoms with van der Waals surface area (Å²) in [5.41, 5.74) is 0.910. The molecule has 2 aromatic rings. The van der Waals surface area contributed by atoms with E-state index in [0.717, 1.165) is 31.5 Å². The van der Waals surface area contributed by atoms with Crippen LogP contribution in [0, 0.1) is 11.7 Å². The normalized spacial score (nSPS) is 17.4. The molecule has 1 amide bonds. The number of carbonyl (C=O) groups is 1. The minimum absolute atomic E-state index is 0.00841. The molecule has 3 rings (SSSR count). The predicted octanol–water partition coefficient (Wildman–Crippen LogP) is 3.59. The van der Waals surface area contributed by atoms with E-state index in [1.165, 1.54) is 24.3 Å². The molecule has 1 unspecified atom stereocenters. The van der Waals surface area contributed by atoms with Gasteiger partial charge in [0.1, 0.15) is 5.82 Å². The number of carbonyl (C=O) groups excluding carboxylic acids is 1. The lowest BCUT2D eigenvalue weighted by atomic mass is 9.98. The lowest BCUT2D eigenvalue weighted by Gasteiger charge is -2.29. The van der Waals surface area contributed by atoms with E-state index in [1.807, 2.05) is 0 Å². The fourth-order valence-corrected chi connectivity index (χ4v) is 5.52. The summed E-state index contributed by atoms with van der Waals surface area (Å²) in [6.45, 7) is 8.16. The quantitative estimate of drug-likeness (QED) is 0.526. The van der Waals surface area contributed by atoms with Crippen molar-refractivity contribution in [2.24, 2.45) is 5.92 Å². The molecule has 0 aliphatic carbocycles. The molecule has 1 fully saturated rings. The number of nitrogens with one attached hydrogen (secondary N) is 3. The van der Waals surface area contributed by atoms with Gasteiger partial charge in [0, 0.05) is 36.4 Å². The maximum Gasteiger partial charge on any atom is 0.251 e. The summed E-state index contributed by atoms with van der Waals surface area (Å²) in [5, 5.41) is 6.13. The molecular weight excluding hydrogens is 455 g/mol. The molecule has 1 aliphatic heterocycles. The Hall–Kier alpha value is -2.49. The zero-order valence-electron chi connectivity index (χ0n) is 20.3. The summed E-state index contributed by atoms with van der Waals surface area (Å²) < 4.78 is 41.9. The molecule has 2 aromatic carbocycles. The van der Waals surface area contributed by atoms with Gasteiger partial charge in [-0.2, -0.15) is 0 Å². The Morgan fingerprint density at radius 2 is 1.85 bits per heavy atom. The Kier molecular flexibility index (Phi) is 8.33. The van der Waals surface area contributed by atoms with E-state index in [0.29, 0.717) is 24.7 Å². The van der Waals surface area contributed by atoms with Gasteiger partial charge in [-0.05, 0) is 89.0 Å². The van der Waals surface area contributed by atoms with Crippen LogP contribution in [0.1, 0.15) is 49.5 Å². The van der Waals surface area contributed by atoms with Crippen molar-refractivity contribution in [3.8, 4) is 0 Å². The first-order valence-corrected chi connectivity index (χ1v) is 13.0. The summed E-state index contributed by atoms with van der Waals surface area (Å²) in [6.07, 6.45) is 2.15. The summed E-state index contributed by atoms with van der Waals surface area (Å²) in [5.74, 6) is -0.271. The van der Waals surface area contributed by atoms with Gasteiger partial charge in [-0.25, -0.2) is 17.5 Å². The Morgan fingerprint density at radius 3 is 2.50 bits per heavy atom. The van der Waals surface area contributed by atoms with Gasteiger partial charge in [0.2, 0.25) is 10.0 Å². The van der Waals surface area contributed by atoms with Gasteiger partial charge in [0.15, 0.2) is 0 Å². The number of halogens is 1. The van der Waals surface area contributed by atoms with Crippen LogP contribution in [0.4, 0.5) is 10.1 Å². The molecule has 1 atom stereocenters. The first-order chi connectivity index (χ1) is 15.9. The summed E-state index contributed by atoms with van der Waals surface area (Å²) in [4.78, 5) is 15.2. The SMILES string of the molecule is CN1CCCC(CNC(=O)c2cc(NCc3ccc(F)cc3)cc(S(=O)(=O)NC(C)(C)C)c2)C1. The van der Waals surface area contributed by atoms with Gasteiger partial charge in [0.25, 0.3) is 5.91 Å². The van der Waals surface area contributed by atoms with Crippen molar-refractivity contribution in [2.75, 3.05) is 32.0 Å². The van der Waals surface area contributed by atoms with Crippen LogP contribution in [0.2, 0.25) is 0 Å². The highest BCUT2D eigenvalue weighted by atomic mass is 32.2. The highest BCUT2D eigenvalue weighted by Crippen LogP contribution is 2.22. The van der Waals surface area contributed by atoms with Crippen LogP contribution < -0.4 is 15.4 Å². The first kappa shape index (κ1) is 26.1. The second kappa shape index (κ2) is 10.8. The average Bonchev–Trinajstić information content (AvgIpc) is 2.75. The topological polar surface area (TPSA) is 90.5 Å². The van der Waals surface area contributed by atoms with Crippen LogP contribution in [0.15, 0.2) is 47.4 Å². The maximum atomic E-state index is 13.2. The van der Waals surface area contributed by atoms with Gasteiger partial charge in [-0.3, -0.25) is 4.79 Å². The van der Waals surface area contributed by atoms with Crippen molar-refractivity contribution in [3.63, 3.8) is 0 Å². The van der Waals surface area contributed by atoms with Crippen LogP contribution in [-0.2, 0) is 16.6 Å².